The third-order valence-corrected chi connectivity index (χ3v) is 5.83. The summed E-state index contributed by atoms with van der Waals surface area (Å²) in [4.78, 5) is 26.5. The van der Waals surface area contributed by atoms with Crippen LogP contribution in [0.4, 0.5) is 0 Å². The molecule has 3 fully saturated rings. The molecule has 3 aliphatic rings. The van der Waals surface area contributed by atoms with Gasteiger partial charge in [-0.2, -0.15) is 0 Å². The van der Waals surface area contributed by atoms with Gasteiger partial charge in [-0.05, 0) is 50.4 Å². The molecular weight excluding hydrogens is 264 g/mol. The van der Waals surface area contributed by atoms with Crippen molar-refractivity contribution in [1.29, 1.82) is 0 Å². The molecule has 1 N–H and O–H groups in total. The quantitative estimate of drug-likeness (QED) is 0.845. The van der Waals surface area contributed by atoms with Gasteiger partial charge in [-0.3, -0.25) is 9.59 Å². The van der Waals surface area contributed by atoms with Crippen molar-refractivity contribution >= 4 is 11.8 Å². The molecule has 118 valence electrons. The topological polar surface area (TPSA) is 49.4 Å². The molecular formula is C17H28N2O2. The van der Waals surface area contributed by atoms with Crippen LogP contribution in [0.3, 0.4) is 0 Å². The van der Waals surface area contributed by atoms with E-state index in [-0.39, 0.29) is 23.7 Å². The Balaban J connectivity index is 1.48. The lowest BCUT2D eigenvalue weighted by atomic mass is 9.67. The maximum Gasteiger partial charge on any atom is 0.225 e. The van der Waals surface area contributed by atoms with Gasteiger partial charge in [-0.25, -0.2) is 0 Å². The zero-order valence-corrected chi connectivity index (χ0v) is 13.2. The van der Waals surface area contributed by atoms with Crippen LogP contribution in [0.5, 0.6) is 0 Å². The highest BCUT2D eigenvalue weighted by atomic mass is 16.2. The predicted octanol–water partition coefficient (Wildman–Crippen LogP) is 2.33. The molecule has 1 unspecified atom stereocenters. The van der Waals surface area contributed by atoms with Gasteiger partial charge in [-0.1, -0.05) is 13.3 Å². The summed E-state index contributed by atoms with van der Waals surface area (Å²) < 4.78 is 0. The highest BCUT2D eigenvalue weighted by Crippen LogP contribution is 2.43. The fraction of sp³-hybridized carbons (Fsp3) is 0.882. The molecule has 0 aromatic rings. The maximum absolute atomic E-state index is 12.4. The van der Waals surface area contributed by atoms with Gasteiger partial charge in [0, 0.05) is 25.6 Å². The lowest BCUT2D eigenvalue weighted by Gasteiger charge is -2.42. The van der Waals surface area contributed by atoms with E-state index in [4.69, 9.17) is 0 Å². The minimum absolute atomic E-state index is 0.00966. The first-order chi connectivity index (χ1) is 10.1. The van der Waals surface area contributed by atoms with Crippen molar-refractivity contribution in [2.24, 2.45) is 17.3 Å². The van der Waals surface area contributed by atoms with Crippen LogP contribution < -0.4 is 5.32 Å². The monoisotopic (exact) mass is 292 g/mol. The number of carbonyl (C=O) groups excluding carboxylic acids is 2. The molecule has 0 bridgehead atoms. The van der Waals surface area contributed by atoms with Gasteiger partial charge in [-0.15, -0.1) is 0 Å². The number of likely N-dealkylation sites (tertiary alicyclic amines) is 1. The normalized spacial score (nSPS) is 27.9. The number of hydrogen-bond acceptors (Lipinski definition) is 2. The van der Waals surface area contributed by atoms with Crippen LogP contribution in [-0.2, 0) is 9.59 Å². The van der Waals surface area contributed by atoms with E-state index in [0.29, 0.717) is 12.0 Å². The van der Waals surface area contributed by atoms with E-state index in [1.807, 2.05) is 4.90 Å². The molecule has 0 radical (unpaired) electrons. The van der Waals surface area contributed by atoms with Crippen molar-refractivity contribution in [3.63, 3.8) is 0 Å². The second-order valence-electron chi connectivity index (χ2n) is 7.32. The van der Waals surface area contributed by atoms with Gasteiger partial charge in [0.05, 0.1) is 5.92 Å². The fourth-order valence-corrected chi connectivity index (χ4v) is 3.73. The van der Waals surface area contributed by atoms with Crippen LogP contribution in [-0.4, -0.2) is 36.3 Å². The number of rotatable bonds is 5. The molecule has 2 saturated carbocycles. The van der Waals surface area contributed by atoms with Crippen LogP contribution in [0.15, 0.2) is 0 Å². The summed E-state index contributed by atoms with van der Waals surface area (Å²) in [6.45, 7) is 4.54. The van der Waals surface area contributed by atoms with Crippen LogP contribution in [0.1, 0.15) is 58.3 Å². The summed E-state index contributed by atoms with van der Waals surface area (Å²) in [6.07, 6.45) is 8.95. The first-order valence-electron chi connectivity index (χ1n) is 8.70. The van der Waals surface area contributed by atoms with Crippen LogP contribution in [0.2, 0.25) is 0 Å². The largest absolute Gasteiger partial charge is 0.355 e. The maximum atomic E-state index is 12.4. The van der Waals surface area contributed by atoms with E-state index in [0.717, 1.165) is 45.2 Å². The van der Waals surface area contributed by atoms with E-state index in [1.165, 1.54) is 19.3 Å². The minimum atomic E-state index is 0.00966. The predicted molar refractivity (Wildman–Crippen MR) is 81.6 cm³/mol. The average Bonchev–Trinajstić information content (AvgIpc) is 3.30. The van der Waals surface area contributed by atoms with Crippen molar-refractivity contribution in [2.75, 3.05) is 19.6 Å². The fourth-order valence-electron chi connectivity index (χ4n) is 3.73. The molecule has 1 saturated heterocycles. The number of piperidine rings is 1. The highest BCUT2D eigenvalue weighted by Gasteiger charge is 2.38. The standard InChI is InChI=1S/C17H28N2O2/c1-2-17(8-4-9-17)12-18-15(20)14-5-3-10-19(11-14)16(21)13-6-7-13/h13-14H,2-12H2,1H3,(H,18,20). The van der Waals surface area contributed by atoms with Crippen molar-refractivity contribution in [1.82, 2.24) is 10.2 Å². The lowest BCUT2D eigenvalue weighted by molar-refractivity contribution is -0.137. The van der Waals surface area contributed by atoms with E-state index >= 15 is 0 Å². The van der Waals surface area contributed by atoms with Gasteiger partial charge in [0.2, 0.25) is 11.8 Å². The molecule has 1 aliphatic heterocycles. The minimum Gasteiger partial charge on any atom is -0.355 e. The molecule has 3 rings (SSSR count). The molecule has 4 heteroatoms. The van der Waals surface area contributed by atoms with Gasteiger partial charge in [0.15, 0.2) is 0 Å². The lowest BCUT2D eigenvalue weighted by Crippen LogP contribution is -2.48. The molecule has 0 aromatic carbocycles. The van der Waals surface area contributed by atoms with E-state index < -0.39 is 0 Å². The zero-order chi connectivity index (χ0) is 14.9. The summed E-state index contributed by atoms with van der Waals surface area (Å²) in [5.74, 6) is 0.736. The van der Waals surface area contributed by atoms with Gasteiger partial charge < -0.3 is 10.2 Å². The Morgan fingerprint density at radius 1 is 1.14 bits per heavy atom. The molecule has 2 aliphatic carbocycles. The first-order valence-corrected chi connectivity index (χ1v) is 8.70. The van der Waals surface area contributed by atoms with E-state index in [1.54, 1.807) is 0 Å². The van der Waals surface area contributed by atoms with E-state index in [9.17, 15) is 9.59 Å². The second-order valence-corrected chi connectivity index (χ2v) is 7.32. The first kappa shape index (κ1) is 14.9. The Kier molecular flexibility index (Phi) is 4.23. The summed E-state index contributed by atoms with van der Waals surface area (Å²) in [5, 5.41) is 3.17. The summed E-state index contributed by atoms with van der Waals surface area (Å²) in [5.41, 5.74) is 0.369. The number of amides is 2. The van der Waals surface area contributed by atoms with Crippen molar-refractivity contribution in [2.45, 2.75) is 58.3 Å². The SMILES string of the molecule is CCC1(CNC(=O)C2CCCN(C(=O)C3CC3)C2)CCC1. The Hall–Kier alpha value is -1.06. The number of hydrogen-bond donors (Lipinski definition) is 1. The van der Waals surface area contributed by atoms with Crippen LogP contribution in [0, 0.1) is 17.3 Å². The summed E-state index contributed by atoms with van der Waals surface area (Å²) in [6, 6.07) is 0. The van der Waals surface area contributed by atoms with Crippen molar-refractivity contribution < 1.29 is 9.59 Å². The molecule has 2 amide bonds. The Bertz CT molecular complexity index is 408. The smallest absolute Gasteiger partial charge is 0.225 e. The Morgan fingerprint density at radius 3 is 2.48 bits per heavy atom. The number of carbonyl (C=O) groups is 2. The third kappa shape index (κ3) is 3.24. The second kappa shape index (κ2) is 5.98. The average molecular weight is 292 g/mol. The van der Waals surface area contributed by atoms with Crippen molar-refractivity contribution in [3.8, 4) is 0 Å². The molecule has 4 nitrogen and oxygen atoms in total. The number of nitrogens with one attached hydrogen (secondary N) is 1. The number of nitrogens with zero attached hydrogens (tertiary/aromatic N) is 1. The van der Waals surface area contributed by atoms with Gasteiger partial charge in [0.25, 0.3) is 0 Å². The van der Waals surface area contributed by atoms with E-state index in [2.05, 4.69) is 12.2 Å². The summed E-state index contributed by atoms with van der Waals surface area (Å²) >= 11 is 0. The third-order valence-electron chi connectivity index (χ3n) is 5.83. The highest BCUT2D eigenvalue weighted by molar-refractivity contribution is 5.83. The molecule has 1 atom stereocenters. The van der Waals surface area contributed by atoms with Crippen LogP contribution in [0.25, 0.3) is 0 Å². The molecule has 21 heavy (non-hydrogen) atoms. The molecule has 0 spiro atoms. The Morgan fingerprint density at radius 2 is 1.90 bits per heavy atom. The van der Waals surface area contributed by atoms with Gasteiger partial charge in [0.1, 0.15) is 0 Å². The van der Waals surface area contributed by atoms with Gasteiger partial charge >= 0.3 is 0 Å². The zero-order valence-electron chi connectivity index (χ0n) is 13.2. The molecule has 0 aromatic heterocycles. The van der Waals surface area contributed by atoms with Crippen molar-refractivity contribution in [3.05, 3.63) is 0 Å². The van der Waals surface area contributed by atoms with Crippen LogP contribution >= 0.6 is 0 Å². The molecule has 1 heterocycles. The Labute approximate surface area is 127 Å². The summed E-state index contributed by atoms with van der Waals surface area (Å²) in [7, 11) is 0.